The fourth-order valence-electron chi connectivity index (χ4n) is 3.72. The highest BCUT2D eigenvalue weighted by atomic mass is 32.1. The molecule has 0 amide bonds. The number of carboxylic acid groups (broad SMARTS) is 1. The predicted molar refractivity (Wildman–Crippen MR) is 114 cm³/mol. The molecule has 3 rings (SSSR count). The van der Waals surface area contributed by atoms with Crippen molar-refractivity contribution < 1.29 is 27.8 Å². The zero-order chi connectivity index (χ0) is 22.6. The average Bonchev–Trinajstić information content (AvgIpc) is 3.12. The highest BCUT2D eigenvalue weighted by molar-refractivity contribution is 7.15. The van der Waals surface area contributed by atoms with Gasteiger partial charge in [-0.25, -0.2) is 4.98 Å². The zero-order valence-electron chi connectivity index (χ0n) is 17.7. The Labute approximate surface area is 183 Å². The molecule has 2 aromatic rings. The lowest BCUT2D eigenvalue weighted by Crippen LogP contribution is -2.38. The zero-order valence-corrected chi connectivity index (χ0v) is 18.5. The molecule has 0 radical (unpaired) electrons. The molecule has 1 aromatic carbocycles. The van der Waals surface area contributed by atoms with Gasteiger partial charge in [0.1, 0.15) is 5.75 Å². The topological polar surface area (TPSA) is 62.7 Å². The van der Waals surface area contributed by atoms with E-state index in [4.69, 9.17) is 14.8 Å². The Hall–Kier alpha value is -2.29. The van der Waals surface area contributed by atoms with E-state index < -0.39 is 18.1 Å². The minimum absolute atomic E-state index is 0.0584. The quantitative estimate of drug-likeness (QED) is 0.603. The van der Waals surface area contributed by atoms with Crippen molar-refractivity contribution in [3.63, 3.8) is 0 Å². The highest BCUT2D eigenvalue weighted by Crippen LogP contribution is 2.37. The van der Waals surface area contributed by atoms with E-state index in [1.807, 2.05) is 24.8 Å². The third kappa shape index (κ3) is 6.12. The molecule has 0 saturated carbocycles. The average molecular weight is 457 g/mol. The fraction of sp³-hybridized carbons (Fsp3) is 0.545. The number of benzene rings is 1. The molecule has 170 valence electrons. The first kappa shape index (κ1) is 23.4. The van der Waals surface area contributed by atoms with Crippen LogP contribution in [0.2, 0.25) is 0 Å². The standard InChI is InChI=1S/C22H27F3N2O3S/c1-3-19-17(8-11-30-18-12-15(13-20(28)29)5-4-14(18)2)26-21(31-19)27-9-6-16(7-10-27)22(23,24)25/h4-5,12,16H,3,6-11,13H2,1-2H3,(H,28,29). The number of carboxylic acids is 1. The largest absolute Gasteiger partial charge is 0.493 e. The van der Waals surface area contributed by atoms with Crippen LogP contribution in [-0.2, 0) is 24.1 Å². The number of nitrogens with zero attached hydrogens (tertiary/aromatic N) is 2. The van der Waals surface area contributed by atoms with E-state index >= 15 is 0 Å². The molecule has 1 aromatic heterocycles. The lowest BCUT2D eigenvalue weighted by atomic mass is 9.97. The Morgan fingerprint density at radius 2 is 2.03 bits per heavy atom. The van der Waals surface area contributed by atoms with Crippen molar-refractivity contribution in [2.24, 2.45) is 5.92 Å². The summed E-state index contributed by atoms with van der Waals surface area (Å²) in [6.07, 6.45) is -2.58. The Bertz CT molecular complexity index is 906. The molecule has 1 saturated heterocycles. The van der Waals surface area contributed by atoms with Gasteiger partial charge < -0.3 is 14.7 Å². The number of ether oxygens (including phenoxy) is 1. The molecular weight excluding hydrogens is 429 g/mol. The second-order valence-corrected chi connectivity index (χ2v) is 8.85. The summed E-state index contributed by atoms with van der Waals surface area (Å²) in [6.45, 7) is 5.07. The first-order valence-corrected chi connectivity index (χ1v) is 11.2. The maximum absolute atomic E-state index is 12.9. The number of thiazole rings is 1. The van der Waals surface area contributed by atoms with Crippen molar-refractivity contribution >= 4 is 22.4 Å². The van der Waals surface area contributed by atoms with E-state index in [0.717, 1.165) is 27.7 Å². The number of alkyl halides is 3. The molecule has 0 bridgehead atoms. The third-order valence-electron chi connectivity index (χ3n) is 5.52. The number of halogens is 3. The number of aryl methyl sites for hydroxylation is 2. The van der Waals surface area contributed by atoms with E-state index in [-0.39, 0.29) is 19.3 Å². The molecule has 1 fully saturated rings. The Balaban J connectivity index is 1.61. The Morgan fingerprint density at radius 1 is 1.32 bits per heavy atom. The third-order valence-corrected chi connectivity index (χ3v) is 6.82. The van der Waals surface area contributed by atoms with Crippen LogP contribution in [0.5, 0.6) is 5.75 Å². The predicted octanol–water partition coefficient (Wildman–Crippen LogP) is 5.04. The summed E-state index contributed by atoms with van der Waals surface area (Å²) in [7, 11) is 0. The summed E-state index contributed by atoms with van der Waals surface area (Å²) >= 11 is 1.55. The van der Waals surface area contributed by atoms with Gasteiger partial charge in [0.05, 0.1) is 24.6 Å². The van der Waals surface area contributed by atoms with Gasteiger partial charge in [-0.1, -0.05) is 19.1 Å². The van der Waals surface area contributed by atoms with E-state index in [1.54, 1.807) is 23.5 Å². The van der Waals surface area contributed by atoms with Gasteiger partial charge in [0.15, 0.2) is 5.13 Å². The van der Waals surface area contributed by atoms with E-state index in [9.17, 15) is 18.0 Å². The van der Waals surface area contributed by atoms with Crippen LogP contribution in [0.15, 0.2) is 18.2 Å². The van der Waals surface area contributed by atoms with Gasteiger partial charge in [-0.2, -0.15) is 13.2 Å². The highest BCUT2D eigenvalue weighted by Gasteiger charge is 2.41. The van der Waals surface area contributed by atoms with Crippen molar-refractivity contribution in [2.75, 3.05) is 24.6 Å². The first-order valence-electron chi connectivity index (χ1n) is 10.4. The second kappa shape index (κ2) is 9.89. The molecule has 2 heterocycles. The van der Waals surface area contributed by atoms with E-state index in [2.05, 4.69) is 0 Å². The Morgan fingerprint density at radius 3 is 2.65 bits per heavy atom. The summed E-state index contributed by atoms with van der Waals surface area (Å²) < 4.78 is 44.6. The maximum atomic E-state index is 12.9. The van der Waals surface area contributed by atoms with Gasteiger partial charge in [0.25, 0.3) is 0 Å². The summed E-state index contributed by atoms with van der Waals surface area (Å²) in [5.74, 6) is -1.46. The number of aromatic nitrogens is 1. The summed E-state index contributed by atoms with van der Waals surface area (Å²) in [5.41, 5.74) is 2.52. The summed E-state index contributed by atoms with van der Waals surface area (Å²) in [5, 5.41) is 9.75. The van der Waals surface area contributed by atoms with Crippen LogP contribution in [0.1, 0.15) is 41.5 Å². The van der Waals surface area contributed by atoms with Crippen LogP contribution >= 0.6 is 11.3 Å². The smallest absolute Gasteiger partial charge is 0.391 e. The molecule has 31 heavy (non-hydrogen) atoms. The van der Waals surface area contributed by atoms with Crippen LogP contribution in [0.3, 0.4) is 0 Å². The van der Waals surface area contributed by atoms with Crippen molar-refractivity contribution in [2.45, 2.75) is 52.1 Å². The van der Waals surface area contributed by atoms with Crippen molar-refractivity contribution in [1.82, 2.24) is 4.98 Å². The van der Waals surface area contributed by atoms with E-state index in [0.29, 0.717) is 37.4 Å². The van der Waals surface area contributed by atoms with Gasteiger partial charge in [-0.3, -0.25) is 4.79 Å². The Kier molecular flexibility index (Phi) is 7.46. The lowest BCUT2D eigenvalue weighted by molar-refractivity contribution is -0.179. The van der Waals surface area contributed by atoms with Gasteiger partial charge in [0, 0.05) is 24.4 Å². The van der Waals surface area contributed by atoms with E-state index in [1.165, 1.54) is 0 Å². The number of rotatable bonds is 8. The molecule has 0 aliphatic carbocycles. The SMILES string of the molecule is CCc1sc(N2CCC(C(F)(F)F)CC2)nc1CCOc1cc(CC(=O)O)ccc1C. The number of hydrogen-bond donors (Lipinski definition) is 1. The first-order chi connectivity index (χ1) is 14.7. The molecule has 1 N–H and O–H groups in total. The summed E-state index contributed by atoms with van der Waals surface area (Å²) in [4.78, 5) is 18.7. The molecule has 0 spiro atoms. The van der Waals surface area contributed by atoms with Gasteiger partial charge in [0.2, 0.25) is 0 Å². The fourth-order valence-corrected chi connectivity index (χ4v) is 4.81. The monoisotopic (exact) mass is 456 g/mol. The molecule has 1 aliphatic rings. The van der Waals surface area contributed by atoms with Crippen LogP contribution in [0, 0.1) is 12.8 Å². The van der Waals surface area contributed by atoms with Crippen molar-refractivity contribution in [1.29, 1.82) is 0 Å². The summed E-state index contributed by atoms with van der Waals surface area (Å²) in [6, 6.07) is 5.37. The molecule has 0 atom stereocenters. The minimum Gasteiger partial charge on any atom is -0.493 e. The van der Waals surface area contributed by atoms with Crippen LogP contribution < -0.4 is 9.64 Å². The maximum Gasteiger partial charge on any atom is 0.391 e. The van der Waals surface area contributed by atoms with Crippen LogP contribution in [0.25, 0.3) is 0 Å². The van der Waals surface area contributed by atoms with Gasteiger partial charge in [-0.05, 0) is 43.4 Å². The number of piperidine rings is 1. The number of aliphatic carboxylic acids is 1. The molecule has 0 unspecified atom stereocenters. The van der Waals surface area contributed by atoms with Gasteiger partial charge >= 0.3 is 12.1 Å². The lowest BCUT2D eigenvalue weighted by Gasteiger charge is -2.32. The van der Waals surface area contributed by atoms with Gasteiger partial charge in [-0.15, -0.1) is 11.3 Å². The van der Waals surface area contributed by atoms with Crippen molar-refractivity contribution in [3.8, 4) is 5.75 Å². The second-order valence-electron chi connectivity index (χ2n) is 7.79. The minimum atomic E-state index is -4.12. The molecule has 1 aliphatic heterocycles. The molecule has 5 nitrogen and oxygen atoms in total. The normalized spacial score (nSPS) is 15.3. The van der Waals surface area contributed by atoms with Crippen LogP contribution in [0.4, 0.5) is 18.3 Å². The molecule has 9 heteroatoms. The molecular formula is C22H27F3N2O3S. The van der Waals surface area contributed by atoms with Crippen molar-refractivity contribution in [3.05, 3.63) is 39.9 Å². The number of anilines is 1. The van der Waals surface area contributed by atoms with Crippen LogP contribution in [-0.4, -0.2) is 41.9 Å². The number of hydrogen-bond acceptors (Lipinski definition) is 5. The number of carbonyl (C=O) groups is 1.